The molecule has 4 rings (SSSR count). The molecule has 1 atom stereocenters. The molecule has 0 saturated heterocycles. The smallest absolute Gasteiger partial charge is 0.341 e. The Bertz CT molecular complexity index is 1340. The summed E-state index contributed by atoms with van der Waals surface area (Å²) in [6, 6.07) is 13.3. The van der Waals surface area contributed by atoms with Crippen molar-refractivity contribution in [2.75, 3.05) is 25.6 Å². The number of hydrogen-bond acceptors (Lipinski definition) is 9. The van der Waals surface area contributed by atoms with Crippen LogP contribution in [0.1, 0.15) is 24.2 Å². The predicted molar refractivity (Wildman–Crippen MR) is 145 cm³/mol. The predicted octanol–water partition coefficient (Wildman–Crippen LogP) is 5.01. The number of carbonyl (C=O) groups excluding carboxylic acids is 2. The molecule has 0 radical (unpaired) electrons. The van der Waals surface area contributed by atoms with Crippen molar-refractivity contribution < 1.29 is 19.1 Å². The van der Waals surface area contributed by atoms with Crippen molar-refractivity contribution >= 4 is 40.0 Å². The molecule has 1 aromatic carbocycles. The normalized spacial score (nSPS) is 11.8. The number of carbonyl (C=O) groups is 2. The maximum absolute atomic E-state index is 13.2. The zero-order valence-corrected chi connectivity index (χ0v) is 22.3. The second kappa shape index (κ2) is 12.6. The highest BCUT2D eigenvalue weighted by atomic mass is 32.2. The molecule has 4 aromatic rings. The van der Waals surface area contributed by atoms with Crippen LogP contribution < -0.4 is 5.32 Å². The molecule has 0 spiro atoms. The minimum Gasteiger partial charge on any atom is -0.462 e. The number of aromatic nitrogens is 4. The van der Waals surface area contributed by atoms with Crippen molar-refractivity contribution in [2.45, 2.75) is 30.8 Å². The number of rotatable bonds is 11. The molecule has 11 heteroatoms. The topological polar surface area (TPSA) is 108 Å². The lowest BCUT2D eigenvalue weighted by atomic mass is 10.0. The van der Waals surface area contributed by atoms with Crippen LogP contribution in [-0.2, 0) is 20.8 Å². The Balaban J connectivity index is 1.56. The molecule has 0 aliphatic rings. The van der Waals surface area contributed by atoms with E-state index in [-0.39, 0.29) is 12.5 Å². The average molecular weight is 538 g/mol. The summed E-state index contributed by atoms with van der Waals surface area (Å²) in [5, 5.41) is 14.0. The van der Waals surface area contributed by atoms with Crippen LogP contribution in [0.5, 0.6) is 0 Å². The molecule has 1 N–H and O–H groups in total. The van der Waals surface area contributed by atoms with Crippen molar-refractivity contribution in [3.8, 4) is 22.5 Å². The summed E-state index contributed by atoms with van der Waals surface area (Å²) in [5.41, 5.74) is 2.82. The Morgan fingerprint density at radius 2 is 1.86 bits per heavy atom. The van der Waals surface area contributed by atoms with Crippen LogP contribution in [0.2, 0.25) is 0 Å². The van der Waals surface area contributed by atoms with Gasteiger partial charge in [-0.1, -0.05) is 42.1 Å². The quantitative estimate of drug-likeness (QED) is 0.210. The van der Waals surface area contributed by atoms with Gasteiger partial charge >= 0.3 is 5.97 Å². The number of methoxy groups -OCH3 is 1. The van der Waals surface area contributed by atoms with Crippen LogP contribution >= 0.6 is 23.1 Å². The molecular formula is C26H27N5O4S2. The molecule has 3 heterocycles. The molecule has 3 aromatic heterocycles. The van der Waals surface area contributed by atoms with Gasteiger partial charge in [-0.2, -0.15) is 0 Å². The third kappa shape index (κ3) is 6.24. The second-order valence-corrected chi connectivity index (χ2v) is 10.1. The fourth-order valence-electron chi connectivity index (χ4n) is 3.59. The van der Waals surface area contributed by atoms with E-state index in [1.54, 1.807) is 33.4 Å². The molecule has 37 heavy (non-hydrogen) atoms. The lowest BCUT2D eigenvalue weighted by molar-refractivity contribution is -0.115. The third-order valence-electron chi connectivity index (χ3n) is 5.42. The first-order valence-electron chi connectivity index (χ1n) is 11.7. The van der Waals surface area contributed by atoms with Crippen LogP contribution in [0.15, 0.2) is 65.4 Å². The van der Waals surface area contributed by atoms with Gasteiger partial charge in [0, 0.05) is 36.0 Å². The molecule has 1 amide bonds. The van der Waals surface area contributed by atoms with E-state index < -0.39 is 11.2 Å². The SMILES string of the molecule is CCOC(=O)c1c(-c2ccccc2)csc1NC(=O)C(C)Sc1nnc(-c2ccncc2)n1CCOC. The van der Waals surface area contributed by atoms with Gasteiger partial charge in [-0.25, -0.2) is 4.79 Å². The number of nitrogens with zero attached hydrogens (tertiary/aromatic N) is 4. The molecule has 0 fully saturated rings. The number of nitrogens with one attached hydrogen (secondary N) is 1. The number of hydrogen-bond donors (Lipinski definition) is 1. The number of amides is 1. The van der Waals surface area contributed by atoms with E-state index in [4.69, 9.17) is 9.47 Å². The first-order valence-corrected chi connectivity index (χ1v) is 13.4. The fourth-order valence-corrected chi connectivity index (χ4v) is 5.42. The van der Waals surface area contributed by atoms with E-state index in [1.807, 2.05) is 52.4 Å². The highest BCUT2D eigenvalue weighted by Crippen LogP contribution is 2.37. The molecule has 192 valence electrons. The van der Waals surface area contributed by atoms with Crippen LogP contribution in [0.25, 0.3) is 22.5 Å². The monoisotopic (exact) mass is 537 g/mol. The summed E-state index contributed by atoms with van der Waals surface area (Å²) < 4.78 is 12.5. The Hall–Kier alpha value is -3.54. The number of thiophene rings is 1. The summed E-state index contributed by atoms with van der Waals surface area (Å²) in [7, 11) is 1.63. The standard InChI is InChI=1S/C26H27N5O4S2/c1-4-35-25(33)21-20(18-8-6-5-7-9-18)16-36-24(21)28-23(32)17(2)37-26-30-29-22(31(26)14-15-34-3)19-10-12-27-13-11-19/h5-13,16-17H,4,14-15H2,1-3H3,(H,28,32). The van der Waals surface area contributed by atoms with Gasteiger partial charge in [-0.15, -0.1) is 21.5 Å². The summed E-state index contributed by atoms with van der Waals surface area (Å²) in [6.07, 6.45) is 3.39. The van der Waals surface area contributed by atoms with E-state index in [2.05, 4.69) is 20.5 Å². The summed E-state index contributed by atoms with van der Waals surface area (Å²) in [4.78, 5) is 30.1. The summed E-state index contributed by atoms with van der Waals surface area (Å²) in [5.74, 6) is -0.0619. The molecule has 1 unspecified atom stereocenters. The molecule has 0 aliphatic carbocycles. The van der Waals surface area contributed by atoms with Gasteiger partial charge in [0.25, 0.3) is 0 Å². The Morgan fingerprint density at radius 1 is 1.11 bits per heavy atom. The van der Waals surface area contributed by atoms with Crippen LogP contribution in [0.3, 0.4) is 0 Å². The first kappa shape index (κ1) is 26.5. The lowest BCUT2D eigenvalue weighted by Gasteiger charge is -2.14. The minimum atomic E-state index is -0.520. The largest absolute Gasteiger partial charge is 0.462 e. The van der Waals surface area contributed by atoms with Gasteiger partial charge in [0.1, 0.15) is 10.6 Å². The maximum Gasteiger partial charge on any atom is 0.341 e. The van der Waals surface area contributed by atoms with E-state index >= 15 is 0 Å². The van der Waals surface area contributed by atoms with Crippen LogP contribution in [0, 0.1) is 0 Å². The van der Waals surface area contributed by atoms with Crippen molar-refractivity contribution in [2.24, 2.45) is 0 Å². The van der Waals surface area contributed by atoms with E-state index in [0.717, 1.165) is 16.7 Å². The zero-order chi connectivity index (χ0) is 26.2. The van der Waals surface area contributed by atoms with Gasteiger partial charge in [0.15, 0.2) is 11.0 Å². The van der Waals surface area contributed by atoms with Crippen molar-refractivity contribution in [1.29, 1.82) is 0 Å². The number of thioether (sulfide) groups is 1. The van der Waals surface area contributed by atoms with Crippen molar-refractivity contribution in [1.82, 2.24) is 19.7 Å². The molecule has 0 bridgehead atoms. The van der Waals surface area contributed by atoms with Gasteiger partial charge in [-0.05, 0) is 31.5 Å². The highest BCUT2D eigenvalue weighted by molar-refractivity contribution is 8.00. The second-order valence-electron chi connectivity index (χ2n) is 7.88. The van der Waals surface area contributed by atoms with Crippen molar-refractivity contribution in [3.63, 3.8) is 0 Å². The molecular weight excluding hydrogens is 510 g/mol. The van der Waals surface area contributed by atoms with Gasteiger partial charge in [0.05, 0.1) is 25.0 Å². The van der Waals surface area contributed by atoms with Crippen LogP contribution in [-0.4, -0.2) is 57.2 Å². The number of pyridine rings is 1. The number of esters is 1. The van der Waals surface area contributed by atoms with Gasteiger partial charge in [0.2, 0.25) is 5.91 Å². The molecule has 0 aliphatic heterocycles. The Kier molecular flexibility index (Phi) is 9.04. The highest BCUT2D eigenvalue weighted by Gasteiger charge is 2.26. The third-order valence-corrected chi connectivity index (χ3v) is 7.39. The number of ether oxygens (including phenoxy) is 2. The Labute approximate surface area is 223 Å². The van der Waals surface area contributed by atoms with Gasteiger partial charge in [-0.3, -0.25) is 14.3 Å². The number of anilines is 1. The van der Waals surface area contributed by atoms with Crippen molar-refractivity contribution in [3.05, 3.63) is 65.8 Å². The molecule has 9 nitrogen and oxygen atoms in total. The zero-order valence-electron chi connectivity index (χ0n) is 20.7. The molecule has 0 saturated carbocycles. The van der Waals surface area contributed by atoms with E-state index in [0.29, 0.717) is 34.7 Å². The van der Waals surface area contributed by atoms with Crippen LogP contribution in [0.4, 0.5) is 5.00 Å². The van der Waals surface area contributed by atoms with E-state index in [9.17, 15) is 9.59 Å². The van der Waals surface area contributed by atoms with Gasteiger partial charge < -0.3 is 14.8 Å². The minimum absolute atomic E-state index is 0.236. The maximum atomic E-state index is 13.2. The van der Waals surface area contributed by atoms with E-state index in [1.165, 1.54) is 23.1 Å². The first-order chi connectivity index (χ1) is 18.0. The number of benzene rings is 1. The summed E-state index contributed by atoms with van der Waals surface area (Å²) in [6.45, 7) is 4.76. The fraction of sp³-hybridized carbons (Fsp3) is 0.269. The lowest BCUT2D eigenvalue weighted by Crippen LogP contribution is -2.24. The summed E-state index contributed by atoms with van der Waals surface area (Å²) >= 11 is 2.58. The Morgan fingerprint density at radius 3 is 2.57 bits per heavy atom. The average Bonchev–Trinajstić information content (AvgIpc) is 3.52.